The molecule has 0 heterocycles. The summed E-state index contributed by atoms with van der Waals surface area (Å²) in [5.41, 5.74) is 8.93. The van der Waals surface area contributed by atoms with Gasteiger partial charge in [0.25, 0.3) is 0 Å². The van der Waals surface area contributed by atoms with Crippen LogP contribution in [-0.2, 0) is 11.3 Å². The number of hydrogen-bond donors (Lipinski definition) is 1. The summed E-state index contributed by atoms with van der Waals surface area (Å²) in [4.78, 5) is 16.7. The van der Waals surface area contributed by atoms with Gasteiger partial charge < -0.3 is 15.5 Å². The first-order valence-corrected chi connectivity index (χ1v) is 7.80. The van der Waals surface area contributed by atoms with Gasteiger partial charge >= 0.3 is 0 Å². The van der Waals surface area contributed by atoms with Crippen LogP contribution in [0.4, 0.5) is 11.4 Å². The molecule has 1 amide bonds. The molecule has 1 aromatic rings. The Morgan fingerprint density at radius 2 is 2.05 bits per heavy atom. The van der Waals surface area contributed by atoms with E-state index in [0.717, 1.165) is 36.2 Å². The third-order valence-electron chi connectivity index (χ3n) is 4.26. The van der Waals surface area contributed by atoms with E-state index in [2.05, 4.69) is 18.7 Å². The van der Waals surface area contributed by atoms with Crippen LogP contribution in [0.5, 0.6) is 0 Å². The maximum absolute atomic E-state index is 12.6. The molecule has 1 unspecified atom stereocenters. The number of nitrogen functional groups attached to an aromatic ring is 1. The fourth-order valence-corrected chi connectivity index (χ4v) is 2.59. The zero-order chi connectivity index (χ0) is 15.6. The Hall–Kier alpha value is -1.71. The summed E-state index contributed by atoms with van der Waals surface area (Å²) < 4.78 is 0. The lowest BCUT2D eigenvalue weighted by molar-refractivity contribution is -0.135. The van der Waals surface area contributed by atoms with Crippen molar-refractivity contribution in [3.05, 3.63) is 23.8 Å². The van der Waals surface area contributed by atoms with Gasteiger partial charge in [-0.3, -0.25) is 4.79 Å². The number of carbonyl (C=O) groups excluding carboxylic acids is 1. The first kappa shape index (κ1) is 15.7. The average Bonchev–Trinajstić information content (AvgIpc) is 3.27. The van der Waals surface area contributed by atoms with Crippen molar-refractivity contribution in [3.63, 3.8) is 0 Å². The van der Waals surface area contributed by atoms with E-state index >= 15 is 0 Å². The molecule has 1 fully saturated rings. The Balaban J connectivity index is 2.27. The van der Waals surface area contributed by atoms with Crippen molar-refractivity contribution >= 4 is 17.3 Å². The molecule has 0 radical (unpaired) electrons. The molecule has 4 heteroatoms. The highest BCUT2D eigenvalue weighted by atomic mass is 16.2. The first-order chi connectivity index (χ1) is 9.93. The van der Waals surface area contributed by atoms with Gasteiger partial charge in [0.1, 0.15) is 0 Å². The zero-order valence-corrected chi connectivity index (χ0v) is 13.6. The highest BCUT2D eigenvalue weighted by Crippen LogP contribution is 2.33. The van der Waals surface area contributed by atoms with Crippen molar-refractivity contribution in [3.8, 4) is 0 Å². The maximum atomic E-state index is 12.6. The van der Waals surface area contributed by atoms with Gasteiger partial charge in [0.05, 0.1) is 0 Å². The molecule has 2 N–H and O–H groups in total. The van der Waals surface area contributed by atoms with Gasteiger partial charge in [-0.25, -0.2) is 0 Å². The Bertz CT molecular complexity index is 509. The lowest BCUT2D eigenvalue weighted by Gasteiger charge is -2.30. The minimum absolute atomic E-state index is 0.253. The topological polar surface area (TPSA) is 49.6 Å². The molecule has 4 nitrogen and oxygen atoms in total. The SMILES string of the molecule is CCC(C)N(Cc1cc(N)ccc1N(C)C)C(=O)C1CC1. The molecule has 1 aliphatic carbocycles. The molecule has 1 atom stereocenters. The van der Waals surface area contributed by atoms with Gasteiger partial charge in [-0.15, -0.1) is 0 Å². The lowest BCUT2D eigenvalue weighted by atomic mass is 10.1. The van der Waals surface area contributed by atoms with Crippen LogP contribution in [-0.4, -0.2) is 30.9 Å². The molecular formula is C17H27N3O. The van der Waals surface area contributed by atoms with Crippen molar-refractivity contribution in [2.45, 2.75) is 45.7 Å². The molecule has 116 valence electrons. The molecule has 0 bridgehead atoms. The van der Waals surface area contributed by atoms with Crippen molar-refractivity contribution in [1.29, 1.82) is 0 Å². The molecule has 0 saturated heterocycles. The molecule has 0 aromatic heterocycles. The van der Waals surface area contributed by atoms with Gasteiger partial charge in [0.15, 0.2) is 0 Å². The van der Waals surface area contributed by atoms with Crippen LogP contribution in [0.1, 0.15) is 38.7 Å². The number of anilines is 2. The lowest BCUT2D eigenvalue weighted by Crippen LogP contribution is -2.39. The fourth-order valence-electron chi connectivity index (χ4n) is 2.59. The molecule has 0 aliphatic heterocycles. The predicted molar refractivity (Wildman–Crippen MR) is 88.2 cm³/mol. The summed E-state index contributed by atoms with van der Waals surface area (Å²) in [6.07, 6.45) is 3.06. The molecule has 1 saturated carbocycles. The summed E-state index contributed by atoms with van der Waals surface area (Å²) in [5, 5.41) is 0. The number of amides is 1. The largest absolute Gasteiger partial charge is 0.399 e. The Kier molecular flexibility index (Phi) is 4.76. The molecular weight excluding hydrogens is 262 g/mol. The Morgan fingerprint density at radius 1 is 1.38 bits per heavy atom. The van der Waals surface area contributed by atoms with E-state index in [4.69, 9.17) is 5.73 Å². The molecule has 2 rings (SSSR count). The monoisotopic (exact) mass is 289 g/mol. The second-order valence-electron chi connectivity index (χ2n) is 6.28. The predicted octanol–water partition coefficient (Wildman–Crippen LogP) is 2.87. The minimum atomic E-state index is 0.253. The third kappa shape index (κ3) is 3.69. The number of nitrogens with two attached hydrogens (primary N) is 1. The highest BCUT2D eigenvalue weighted by molar-refractivity contribution is 5.81. The molecule has 1 aliphatic rings. The highest BCUT2D eigenvalue weighted by Gasteiger charge is 2.35. The van der Waals surface area contributed by atoms with E-state index < -0.39 is 0 Å². The zero-order valence-electron chi connectivity index (χ0n) is 13.6. The maximum Gasteiger partial charge on any atom is 0.226 e. The van der Waals surface area contributed by atoms with Crippen molar-refractivity contribution < 1.29 is 4.79 Å². The van der Waals surface area contributed by atoms with Crippen LogP contribution < -0.4 is 10.6 Å². The summed E-state index contributed by atoms with van der Waals surface area (Å²) >= 11 is 0. The number of nitrogens with zero attached hydrogens (tertiary/aromatic N) is 2. The van der Waals surface area contributed by atoms with Gasteiger partial charge in [-0.2, -0.15) is 0 Å². The van der Waals surface area contributed by atoms with E-state index in [0.29, 0.717) is 12.5 Å². The van der Waals surface area contributed by atoms with Crippen molar-refractivity contribution in [2.24, 2.45) is 5.92 Å². The number of hydrogen-bond acceptors (Lipinski definition) is 3. The van der Waals surface area contributed by atoms with Crippen LogP contribution in [0, 0.1) is 5.92 Å². The normalized spacial score (nSPS) is 15.6. The summed E-state index contributed by atoms with van der Waals surface area (Å²) in [6.45, 7) is 4.90. The summed E-state index contributed by atoms with van der Waals surface area (Å²) in [5.74, 6) is 0.555. The second-order valence-corrected chi connectivity index (χ2v) is 6.28. The van der Waals surface area contributed by atoms with Crippen LogP contribution in [0.15, 0.2) is 18.2 Å². The minimum Gasteiger partial charge on any atom is -0.399 e. The first-order valence-electron chi connectivity index (χ1n) is 7.80. The van der Waals surface area contributed by atoms with Crippen LogP contribution in [0.25, 0.3) is 0 Å². The van der Waals surface area contributed by atoms with Crippen LogP contribution in [0.3, 0.4) is 0 Å². The second kappa shape index (κ2) is 6.37. The number of benzene rings is 1. The molecule has 1 aromatic carbocycles. The van der Waals surface area contributed by atoms with Gasteiger partial charge in [0, 0.05) is 44.0 Å². The third-order valence-corrected chi connectivity index (χ3v) is 4.26. The van der Waals surface area contributed by atoms with E-state index in [9.17, 15) is 4.79 Å². The van der Waals surface area contributed by atoms with E-state index in [1.165, 1.54) is 0 Å². The smallest absolute Gasteiger partial charge is 0.226 e. The number of carbonyl (C=O) groups is 1. The van der Waals surface area contributed by atoms with Gasteiger partial charge in [-0.1, -0.05) is 6.92 Å². The standard InChI is InChI=1S/C17H27N3O/c1-5-12(2)20(17(21)13-6-7-13)11-14-10-15(18)8-9-16(14)19(3)4/h8-10,12-13H,5-7,11,18H2,1-4H3. The quantitative estimate of drug-likeness (QED) is 0.819. The number of rotatable bonds is 6. The van der Waals surface area contributed by atoms with Gasteiger partial charge in [0.2, 0.25) is 5.91 Å². The average molecular weight is 289 g/mol. The molecule has 21 heavy (non-hydrogen) atoms. The van der Waals surface area contributed by atoms with E-state index in [1.54, 1.807) is 0 Å². The Labute approximate surface area is 127 Å². The van der Waals surface area contributed by atoms with E-state index in [-0.39, 0.29) is 12.0 Å². The fraction of sp³-hybridized carbons (Fsp3) is 0.588. The molecule has 0 spiro atoms. The summed E-state index contributed by atoms with van der Waals surface area (Å²) in [6, 6.07) is 6.19. The summed E-state index contributed by atoms with van der Waals surface area (Å²) in [7, 11) is 4.04. The van der Waals surface area contributed by atoms with Crippen LogP contribution >= 0.6 is 0 Å². The Morgan fingerprint density at radius 3 is 2.57 bits per heavy atom. The van der Waals surface area contributed by atoms with Crippen LogP contribution in [0.2, 0.25) is 0 Å². The van der Waals surface area contributed by atoms with E-state index in [1.807, 2.05) is 37.2 Å². The van der Waals surface area contributed by atoms with Crippen molar-refractivity contribution in [1.82, 2.24) is 4.90 Å². The van der Waals surface area contributed by atoms with Crippen molar-refractivity contribution in [2.75, 3.05) is 24.7 Å². The van der Waals surface area contributed by atoms with Gasteiger partial charge in [-0.05, 0) is 49.9 Å².